The molecule has 1 fully saturated rings. The van der Waals surface area contributed by atoms with Crippen molar-refractivity contribution < 1.29 is 29.4 Å². The van der Waals surface area contributed by atoms with Crippen LogP contribution in [0.2, 0.25) is 0 Å². The summed E-state index contributed by atoms with van der Waals surface area (Å²) in [6, 6.07) is 0. The Morgan fingerprint density at radius 2 is 1.81 bits per heavy atom. The van der Waals surface area contributed by atoms with Crippen LogP contribution in [0.25, 0.3) is 0 Å². The number of carboxylic acids is 2. The first-order chi connectivity index (χ1) is 9.82. The number of imide groups is 1. The minimum absolute atomic E-state index is 0.0327. The Hall–Kier alpha value is -2.52. The van der Waals surface area contributed by atoms with Crippen LogP contribution in [0, 0.1) is 0 Å². The second-order valence-electron chi connectivity index (χ2n) is 4.72. The number of rotatable bonds is 4. The van der Waals surface area contributed by atoms with Crippen molar-refractivity contribution in [3.05, 3.63) is 23.4 Å². The Morgan fingerprint density at radius 3 is 2.24 bits per heavy atom. The summed E-state index contributed by atoms with van der Waals surface area (Å²) in [5, 5.41) is 18.4. The molecule has 0 bridgehead atoms. The highest BCUT2D eigenvalue weighted by Gasteiger charge is 2.44. The van der Waals surface area contributed by atoms with E-state index in [9.17, 15) is 24.3 Å². The molecule has 2 amide bonds. The minimum Gasteiger partial charge on any atom is -0.480 e. The maximum absolute atomic E-state index is 11.8. The highest BCUT2D eigenvalue weighted by atomic mass is 16.4. The monoisotopic (exact) mass is 295 g/mol. The molecule has 2 rings (SSSR count). The molecule has 0 aromatic rings. The molecule has 5 N–H and O–H groups in total. The van der Waals surface area contributed by atoms with E-state index >= 15 is 0 Å². The van der Waals surface area contributed by atoms with E-state index in [0.717, 1.165) is 17.1 Å². The molecule has 1 heterocycles. The molecular formula is C12H13N3O6. The summed E-state index contributed by atoms with van der Waals surface area (Å²) in [4.78, 5) is 46.9. The first kappa shape index (κ1) is 14.9. The Kier molecular flexibility index (Phi) is 3.62. The highest BCUT2D eigenvalue weighted by molar-refractivity contribution is 6.06. The van der Waals surface area contributed by atoms with Gasteiger partial charge in [-0.3, -0.25) is 20.3 Å². The van der Waals surface area contributed by atoms with Crippen molar-refractivity contribution >= 4 is 23.8 Å². The summed E-state index contributed by atoms with van der Waals surface area (Å²) in [5.41, 5.74) is -0.139. The van der Waals surface area contributed by atoms with Crippen LogP contribution < -0.4 is 11.3 Å². The lowest BCUT2D eigenvalue weighted by atomic mass is 9.86. The molecule has 1 unspecified atom stereocenters. The van der Waals surface area contributed by atoms with Crippen LogP contribution in [-0.2, 0) is 19.2 Å². The van der Waals surface area contributed by atoms with Crippen LogP contribution in [-0.4, -0.2) is 44.4 Å². The largest absolute Gasteiger partial charge is 0.480 e. The van der Waals surface area contributed by atoms with E-state index < -0.39 is 35.7 Å². The van der Waals surface area contributed by atoms with Gasteiger partial charge in [-0.25, -0.2) is 15.0 Å². The maximum atomic E-state index is 11.8. The second kappa shape index (κ2) is 5.11. The molecule has 0 aromatic heterocycles. The van der Waals surface area contributed by atoms with Crippen LogP contribution >= 0.6 is 0 Å². The minimum atomic E-state index is -1.77. The van der Waals surface area contributed by atoms with Gasteiger partial charge in [0.05, 0.1) is 5.57 Å². The fourth-order valence-corrected chi connectivity index (χ4v) is 2.32. The number of carboxylic acid groups (broad SMARTS) is 2. The van der Waals surface area contributed by atoms with Gasteiger partial charge in [0.15, 0.2) is 5.54 Å². The molecule has 9 nitrogen and oxygen atoms in total. The molecule has 1 aliphatic carbocycles. The maximum Gasteiger partial charge on any atom is 0.337 e. The first-order valence-electron chi connectivity index (χ1n) is 6.05. The van der Waals surface area contributed by atoms with Crippen molar-refractivity contribution in [2.75, 3.05) is 0 Å². The number of hydrazine groups is 1. The van der Waals surface area contributed by atoms with E-state index in [2.05, 4.69) is 5.43 Å². The summed E-state index contributed by atoms with van der Waals surface area (Å²) >= 11 is 0. The van der Waals surface area contributed by atoms with Crippen LogP contribution in [0.3, 0.4) is 0 Å². The number of carbonyl (C=O) groups is 4. The molecule has 0 radical (unpaired) electrons. The zero-order valence-corrected chi connectivity index (χ0v) is 10.8. The molecule has 21 heavy (non-hydrogen) atoms. The second-order valence-corrected chi connectivity index (χ2v) is 4.72. The van der Waals surface area contributed by atoms with Crippen LogP contribution in [0.5, 0.6) is 0 Å². The number of hydrogen-bond donors (Lipinski definition) is 4. The topological polar surface area (TPSA) is 150 Å². The number of likely N-dealkylation sites (tertiary alicyclic amines) is 1. The Balaban J connectivity index is 2.53. The lowest BCUT2D eigenvalue weighted by Gasteiger charge is -2.32. The van der Waals surface area contributed by atoms with Crippen molar-refractivity contribution in [3.8, 4) is 0 Å². The first-order valence-corrected chi connectivity index (χ1v) is 6.05. The summed E-state index contributed by atoms with van der Waals surface area (Å²) in [5.74, 6) is 1.44. The lowest BCUT2D eigenvalue weighted by molar-refractivity contribution is -0.144. The van der Waals surface area contributed by atoms with Gasteiger partial charge >= 0.3 is 11.9 Å². The molecule has 1 saturated heterocycles. The van der Waals surface area contributed by atoms with Gasteiger partial charge in [0, 0.05) is 25.0 Å². The third-order valence-corrected chi connectivity index (χ3v) is 3.48. The summed E-state index contributed by atoms with van der Waals surface area (Å²) in [6.45, 7) is 0. The van der Waals surface area contributed by atoms with E-state index in [4.69, 9.17) is 10.9 Å². The normalized spacial score (nSPS) is 25.7. The molecule has 1 aliphatic heterocycles. The van der Waals surface area contributed by atoms with E-state index in [-0.39, 0.29) is 24.1 Å². The number of nitrogens with zero attached hydrogens (tertiary/aromatic N) is 1. The van der Waals surface area contributed by atoms with Crippen molar-refractivity contribution in [2.24, 2.45) is 5.84 Å². The van der Waals surface area contributed by atoms with Gasteiger partial charge in [-0.05, 0) is 6.08 Å². The molecular weight excluding hydrogens is 282 g/mol. The molecule has 112 valence electrons. The van der Waals surface area contributed by atoms with Gasteiger partial charge in [0.2, 0.25) is 11.8 Å². The fourth-order valence-electron chi connectivity index (χ4n) is 2.32. The Morgan fingerprint density at radius 1 is 1.24 bits per heavy atom. The molecule has 1 atom stereocenters. The number of nitrogens with one attached hydrogen (secondary N) is 1. The predicted molar refractivity (Wildman–Crippen MR) is 67.2 cm³/mol. The van der Waals surface area contributed by atoms with Gasteiger partial charge < -0.3 is 10.2 Å². The third kappa shape index (κ3) is 2.32. The molecule has 0 spiro atoms. The van der Waals surface area contributed by atoms with Crippen molar-refractivity contribution in [2.45, 2.75) is 24.8 Å². The smallest absolute Gasteiger partial charge is 0.337 e. The zero-order valence-electron chi connectivity index (χ0n) is 10.8. The fraction of sp³-hybridized carbons (Fsp3) is 0.333. The van der Waals surface area contributed by atoms with E-state index in [0.29, 0.717) is 0 Å². The number of carbonyl (C=O) groups excluding carboxylic acids is 2. The SMILES string of the molecule is NNC1(C(=O)O)C=CC(C(=O)O)=C(N2C(=O)CCC2=O)C1. The van der Waals surface area contributed by atoms with Crippen molar-refractivity contribution in [1.29, 1.82) is 0 Å². The van der Waals surface area contributed by atoms with Gasteiger partial charge in [-0.15, -0.1) is 0 Å². The number of aliphatic carboxylic acids is 2. The Labute approximate surface area is 118 Å². The number of hydrogen-bond acceptors (Lipinski definition) is 6. The van der Waals surface area contributed by atoms with Crippen LogP contribution in [0.1, 0.15) is 19.3 Å². The predicted octanol–water partition coefficient (Wildman–Crippen LogP) is -1.28. The summed E-state index contributed by atoms with van der Waals surface area (Å²) in [7, 11) is 0. The summed E-state index contributed by atoms with van der Waals surface area (Å²) < 4.78 is 0. The van der Waals surface area contributed by atoms with E-state index in [1.54, 1.807) is 0 Å². The van der Waals surface area contributed by atoms with Gasteiger partial charge in [0.25, 0.3) is 0 Å². The lowest BCUT2D eigenvalue weighted by Crippen LogP contribution is -2.56. The van der Waals surface area contributed by atoms with E-state index in [1.165, 1.54) is 0 Å². The van der Waals surface area contributed by atoms with Crippen molar-refractivity contribution in [1.82, 2.24) is 10.3 Å². The zero-order chi connectivity index (χ0) is 15.8. The van der Waals surface area contributed by atoms with Gasteiger partial charge in [-0.1, -0.05) is 6.08 Å². The molecule has 0 aromatic carbocycles. The average molecular weight is 295 g/mol. The Bertz CT molecular complexity index is 592. The van der Waals surface area contributed by atoms with Gasteiger partial charge in [0.1, 0.15) is 0 Å². The number of nitrogens with two attached hydrogens (primary N) is 1. The van der Waals surface area contributed by atoms with Crippen LogP contribution in [0.15, 0.2) is 23.4 Å². The van der Waals surface area contributed by atoms with Crippen molar-refractivity contribution in [3.63, 3.8) is 0 Å². The van der Waals surface area contributed by atoms with Gasteiger partial charge in [-0.2, -0.15) is 0 Å². The molecule has 0 saturated carbocycles. The quantitative estimate of drug-likeness (QED) is 0.284. The van der Waals surface area contributed by atoms with Crippen LogP contribution in [0.4, 0.5) is 0 Å². The number of amides is 2. The third-order valence-electron chi connectivity index (χ3n) is 3.48. The standard InChI is InChI=1S/C12H13N3O6/c13-14-12(11(20)21)4-3-6(10(18)19)7(5-12)15-8(16)1-2-9(15)17/h3-4,14H,1-2,5,13H2,(H,18,19)(H,20,21). The molecule has 2 aliphatic rings. The average Bonchev–Trinajstić information content (AvgIpc) is 2.77. The highest BCUT2D eigenvalue weighted by Crippen LogP contribution is 2.32. The molecule has 9 heteroatoms. The summed E-state index contributed by atoms with van der Waals surface area (Å²) in [6.07, 6.45) is 1.64. The van der Waals surface area contributed by atoms with E-state index in [1.807, 2.05) is 0 Å².